The molecule has 17 heavy (non-hydrogen) atoms. The van der Waals surface area contributed by atoms with Crippen LogP contribution in [0.25, 0.3) is 0 Å². The van der Waals surface area contributed by atoms with Crippen LogP contribution in [0.5, 0.6) is 0 Å². The first-order valence-corrected chi connectivity index (χ1v) is 7.45. The van der Waals surface area contributed by atoms with E-state index in [1.165, 1.54) is 25.7 Å². The number of hydrogen-bond acceptors (Lipinski definition) is 4. The smallest absolute Gasteiger partial charge is 0.140 e. The minimum absolute atomic E-state index is 0.606. The lowest BCUT2D eigenvalue weighted by molar-refractivity contribution is 0.689. The highest BCUT2D eigenvalue weighted by atomic mass is 32.2. The van der Waals surface area contributed by atoms with Crippen molar-refractivity contribution in [3.05, 3.63) is 17.6 Å². The van der Waals surface area contributed by atoms with E-state index >= 15 is 0 Å². The van der Waals surface area contributed by atoms with E-state index in [1.807, 2.05) is 17.8 Å². The third kappa shape index (κ3) is 3.60. The lowest BCUT2D eigenvalue weighted by Gasteiger charge is -2.11. The number of hydrogen-bond donors (Lipinski definition) is 1. The van der Waals surface area contributed by atoms with Gasteiger partial charge in [0.1, 0.15) is 11.6 Å². The molecule has 3 nitrogen and oxygen atoms in total. The van der Waals surface area contributed by atoms with Gasteiger partial charge in [-0.15, -0.1) is 0 Å². The summed E-state index contributed by atoms with van der Waals surface area (Å²) < 4.78 is 0. The predicted molar refractivity (Wildman–Crippen MR) is 74.1 cm³/mol. The van der Waals surface area contributed by atoms with Gasteiger partial charge in [-0.2, -0.15) is 11.8 Å². The Morgan fingerprint density at radius 2 is 2.06 bits per heavy atom. The van der Waals surface area contributed by atoms with Crippen molar-refractivity contribution in [3.63, 3.8) is 0 Å². The van der Waals surface area contributed by atoms with Crippen LogP contribution in [0.1, 0.15) is 57.0 Å². The number of thioether (sulfide) groups is 1. The van der Waals surface area contributed by atoms with Crippen molar-refractivity contribution in [1.29, 1.82) is 0 Å². The molecule has 94 valence electrons. The highest BCUT2D eigenvalue weighted by molar-refractivity contribution is 7.99. The van der Waals surface area contributed by atoms with Crippen molar-refractivity contribution < 1.29 is 0 Å². The molecule has 4 heteroatoms. The number of nitrogens with zero attached hydrogens (tertiary/aromatic N) is 2. The highest BCUT2D eigenvalue weighted by Gasteiger charge is 2.19. The van der Waals surface area contributed by atoms with Crippen molar-refractivity contribution in [2.45, 2.75) is 56.5 Å². The van der Waals surface area contributed by atoms with Crippen LogP contribution in [0.15, 0.2) is 6.07 Å². The Kier molecular flexibility index (Phi) is 4.26. The van der Waals surface area contributed by atoms with Crippen LogP contribution < -0.4 is 5.73 Å². The van der Waals surface area contributed by atoms with E-state index in [-0.39, 0.29) is 0 Å². The predicted octanol–water partition coefficient (Wildman–Crippen LogP) is 3.36. The Bertz CT molecular complexity index is 373. The summed E-state index contributed by atoms with van der Waals surface area (Å²) in [6.45, 7) is 4.38. The van der Waals surface area contributed by atoms with Gasteiger partial charge >= 0.3 is 0 Å². The lowest BCUT2D eigenvalue weighted by atomic mass is 10.0. The van der Waals surface area contributed by atoms with Gasteiger partial charge in [0.15, 0.2) is 0 Å². The Morgan fingerprint density at radius 1 is 1.35 bits per heavy atom. The van der Waals surface area contributed by atoms with E-state index in [0.29, 0.717) is 17.0 Å². The minimum Gasteiger partial charge on any atom is -0.384 e. The molecule has 0 atom stereocenters. The molecule has 1 aromatic heterocycles. The van der Waals surface area contributed by atoms with Gasteiger partial charge in [0.05, 0.1) is 5.75 Å². The molecule has 1 heterocycles. The molecule has 1 aliphatic rings. The maximum absolute atomic E-state index is 5.87. The van der Waals surface area contributed by atoms with Gasteiger partial charge in [-0.25, -0.2) is 9.97 Å². The summed E-state index contributed by atoms with van der Waals surface area (Å²) in [7, 11) is 0. The van der Waals surface area contributed by atoms with Gasteiger partial charge in [-0.05, 0) is 18.1 Å². The minimum atomic E-state index is 0.606. The summed E-state index contributed by atoms with van der Waals surface area (Å²) in [6, 6.07) is 1.96. The lowest BCUT2D eigenvalue weighted by Crippen LogP contribution is -2.05. The zero-order chi connectivity index (χ0) is 12.3. The Labute approximate surface area is 108 Å². The Morgan fingerprint density at radius 3 is 2.71 bits per heavy atom. The molecule has 0 amide bonds. The molecule has 2 N–H and O–H groups in total. The topological polar surface area (TPSA) is 51.8 Å². The van der Waals surface area contributed by atoms with Gasteiger partial charge in [0, 0.05) is 17.7 Å². The number of rotatable bonds is 4. The fourth-order valence-corrected chi connectivity index (χ4v) is 2.89. The molecule has 1 fully saturated rings. The van der Waals surface area contributed by atoms with Crippen LogP contribution in [0.3, 0.4) is 0 Å². The average molecular weight is 251 g/mol. The van der Waals surface area contributed by atoms with E-state index in [0.717, 1.165) is 17.3 Å². The standard InChI is InChI=1S/C13H21N3S/c1-9(2)17-8-13-15-11(7-12(14)16-13)10-5-3-4-6-10/h7,9-10H,3-6,8H2,1-2H3,(H2,14,15,16). The maximum Gasteiger partial charge on any atom is 0.140 e. The van der Waals surface area contributed by atoms with Crippen LogP contribution in [0.4, 0.5) is 5.82 Å². The molecule has 0 aromatic carbocycles. The van der Waals surface area contributed by atoms with Gasteiger partial charge in [-0.1, -0.05) is 26.7 Å². The first kappa shape index (κ1) is 12.7. The maximum atomic E-state index is 5.87. The van der Waals surface area contributed by atoms with Gasteiger partial charge in [0.25, 0.3) is 0 Å². The van der Waals surface area contributed by atoms with E-state index in [1.54, 1.807) is 0 Å². The van der Waals surface area contributed by atoms with Gasteiger partial charge < -0.3 is 5.73 Å². The van der Waals surface area contributed by atoms with Gasteiger partial charge in [-0.3, -0.25) is 0 Å². The van der Waals surface area contributed by atoms with E-state index in [2.05, 4.69) is 23.8 Å². The summed E-state index contributed by atoms with van der Waals surface area (Å²) in [4.78, 5) is 9.00. The zero-order valence-corrected chi connectivity index (χ0v) is 11.5. The third-order valence-corrected chi connectivity index (χ3v) is 4.22. The molecular formula is C13H21N3S. The number of aromatic nitrogens is 2. The van der Waals surface area contributed by atoms with E-state index in [9.17, 15) is 0 Å². The molecule has 2 rings (SSSR count). The molecule has 1 saturated carbocycles. The fourth-order valence-electron chi connectivity index (χ4n) is 2.28. The molecule has 0 spiro atoms. The average Bonchev–Trinajstić information content (AvgIpc) is 2.79. The zero-order valence-electron chi connectivity index (χ0n) is 10.6. The quantitative estimate of drug-likeness (QED) is 0.891. The van der Waals surface area contributed by atoms with Crippen molar-refractivity contribution in [3.8, 4) is 0 Å². The first-order valence-electron chi connectivity index (χ1n) is 6.40. The first-order chi connectivity index (χ1) is 8.15. The number of nitrogen functional groups attached to an aromatic ring is 1. The third-order valence-electron chi connectivity index (χ3n) is 3.13. The summed E-state index contributed by atoms with van der Waals surface area (Å²) in [5.74, 6) is 3.00. The Hall–Kier alpha value is -0.770. The van der Waals surface area contributed by atoms with Crippen LogP contribution in [0.2, 0.25) is 0 Å². The monoisotopic (exact) mass is 251 g/mol. The summed E-state index contributed by atoms with van der Waals surface area (Å²) >= 11 is 1.86. The van der Waals surface area contributed by atoms with Crippen molar-refractivity contribution in [2.75, 3.05) is 5.73 Å². The number of anilines is 1. The van der Waals surface area contributed by atoms with Crippen molar-refractivity contribution in [1.82, 2.24) is 9.97 Å². The SMILES string of the molecule is CC(C)SCc1nc(N)cc(C2CCCC2)n1. The van der Waals surface area contributed by atoms with E-state index < -0.39 is 0 Å². The molecule has 0 saturated heterocycles. The second-order valence-corrected chi connectivity index (χ2v) is 6.54. The molecule has 0 unspecified atom stereocenters. The largest absolute Gasteiger partial charge is 0.384 e. The summed E-state index contributed by atoms with van der Waals surface area (Å²) in [6.07, 6.45) is 5.16. The molecule has 0 aliphatic heterocycles. The second kappa shape index (κ2) is 5.71. The second-order valence-electron chi connectivity index (χ2n) is 4.98. The van der Waals surface area contributed by atoms with Crippen molar-refractivity contribution in [2.24, 2.45) is 0 Å². The fraction of sp³-hybridized carbons (Fsp3) is 0.692. The molecule has 0 radical (unpaired) electrons. The van der Waals surface area contributed by atoms with Crippen LogP contribution >= 0.6 is 11.8 Å². The van der Waals surface area contributed by atoms with Crippen molar-refractivity contribution >= 4 is 17.6 Å². The molecule has 0 bridgehead atoms. The van der Waals surface area contributed by atoms with Crippen LogP contribution in [0, 0.1) is 0 Å². The van der Waals surface area contributed by atoms with Crippen LogP contribution in [-0.2, 0) is 5.75 Å². The summed E-state index contributed by atoms with van der Waals surface area (Å²) in [5, 5.41) is 0.606. The van der Waals surface area contributed by atoms with Gasteiger partial charge in [0.2, 0.25) is 0 Å². The molecule has 1 aliphatic carbocycles. The Balaban J connectivity index is 2.11. The molecule has 1 aromatic rings. The number of nitrogens with two attached hydrogens (primary N) is 1. The van der Waals surface area contributed by atoms with Crippen LogP contribution in [-0.4, -0.2) is 15.2 Å². The normalized spacial score (nSPS) is 16.9. The summed E-state index contributed by atoms with van der Waals surface area (Å²) in [5.41, 5.74) is 7.03. The van der Waals surface area contributed by atoms with E-state index in [4.69, 9.17) is 5.73 Å². The highest BCUT2D eigenvalue weighted by Crippen LogP contribution is 2.33. The molecular weight excluding hydrogens is 230 g/mol.